The van der Waals surface area contributed by atoms with Crippen LogP contribution in [0, 0.1) is 10.1 Å². The van der Waals surface area contributed by atoms with Crippen molar-refractivity contribution < 1.29 is 24.0 Å². The molecule has 3 aromatic rings. The van der Waals surface area contributed by atoms with Crippen molar-refractivity contribution in [3.05, 3.63) is 105 Å². The number of nitro groups is 1. The summed E-state index contributed by atoms with van der Waals surface area (Å²) in [6.45, 7) is 1.93. The zero-order chi connectivity index (χ0) is 23.5. The Morgan fingerprint density at radius 2 is 1.67 bits per heavy atom. The Morgan fingerprint density at radius 3 is 2.33 bits per heavy atom. The van der Waals surface area contributed by atoms with E-state index in [9.17, 15) is 24.5 Å². The van der Waals surface area contributed by atoms with E-state index in [0.717, 1.165) is 4.90 Å². The summed E-state index contributed by atoms with van der Waals surface area (Å²) in [5, 5.41) is 11.1. The number of non-ortho nitro benzene ring substituents is 1. The third-order valence-corrected chi connectivity index (χ3v) is 5.11. The fourth-order valence-electron chi connectivity index (χ4n) is 3.58. The number of amides is 2. The van der Waals surface area contributed by atoms with Crippen molar-refractivity contribution in [2.45, 2.75) is 6.92 Å². The predicted molar refractivity (Wildman–Crippen MR) is 122 cm³/mol. The molecule has 0 saturated carbocycles. The van der Waals surface area contributed by atoms with Crippen LogP contribution in [-0.4, -0.2) is 29.3 Å². The molecule has 1 aliphatic rings. The Morgan fingerprint density at radius 1 is 0.970 bits per heavy atom. The minimum atomic E-state index is -0.575. The lowest BCUT2D eigenvalue weighted by Gasteiger charge is -2.28. The highest BCUT2D eigenvalue weighted by Crippen LogP contribution is 2.34. The average Bonchev–Trinajstić information content (AvgIpc) is 2.82. The molecule has 0 unspecified atom stereocenters. The van der Waals surface area contributed by atoms with Gasteiger partial charge in [0.25, 0.3) is 17.5 Å². The molecule has 1 aliphatic heterocycles. The van der Waals surface area contributed by atoms with Crippen LogP contribution in [0.3, 0.4) is 0 Å². The molecule has 33 heavy (non-hydrogen) atoms. The number of ether oxygens (including phenoxy) is 1. The van der Waals surface area contributed by atoms with Gasteiger partial charge in [0.05, 0.1) is 22.8 Å². The zero-order valence-corrected chi connectivity index (χ0v) is 17.6. The van der Waals surface area contributed by atoms with Crippen molar-refractivity contribution in [1.29, 1.82) is 0 Å². The van der Waals surface area contributed by atoms with E-state index in [1.807, 2.05) is 0 Å². The van der Waals surface area contributed by atoms with Crippen molar-refractivity contribution in [1.82, 2.24) is 0 Å². The van der Waals surface area contributed by atoms with E-state index in [1.165, 1.54) is 48.5 Å². The summed E-state index contributed by atoms with van der Waals surface area (Å²) in [5.41, 5.74) is 1.92. The van der Waals surface area contributed by atoms with Crippen molar-refractivity contribution in [2.75, 3.05) is 11.5 Å². The molecule has 0 atom stereocenters. The minimum absolute atomic E-state index is 0.108. The highest BCUT2D eigenvalue weighted by molar-refractivity contribution is 6.43. The first kappa shape index (κ1) is 21.6. The number of carbonyl (C=O) groups is 3. The molecule has 8 nitrogen and oxygen atoms in total. The smallest absolute Gasteiger partial charge is 0.338 e. The first-order valence-electron chi connectivity index (χ1n) is 10.1. The van der Waals surface area contributed by atoms with Gasteiger partial charge in [0.15, 0.2) is 0 Å². The lowest BCUT2D eigenvalue weighted by atomic mass is 9.91. The van der Waals surface area contributed by atoms with Gasteiger partial charge in [-0.2, -0.15) is 0 Å². The van der Waals surface area contributed by atoms with Gasteiger partial charge in [-0.15, -0.1) is 0 Å². The number of benzene rings is 3. The molecule has 0 saturated heterocycles. The second-order valence-corrected chi connectivity index (χ2v) is 7.17. The van der Waals surface area contributed by atoms with E-state index in [4.69, 9.17) is 4.74 Å². The SMILES string of the molecule is CCOC(=O)c1ccc(N2C(=O)C(=Cc3cccc([N+](=O)[O-])c3)c3ccccc3C2=O)cc1. The third kappa shape index (κ3) is 4.14. The van der Waals surface area contributed by atoms with E-state index >= 15 is 0 Å². The van der Waals surface area contributed by atoms with Crippen LogP contribution >= 0.6 is 0 Å². The number of rotatable bonds is 5. The van der Waals surface area contributed by atoms with E-state index in [2.05, 4.69) is 0 Å². The molecule has 8 heteroatoms. The van der Waals surface area contributed by atoms with Crippen LogP contribution in [0.5, 0.6) is 0 Å². The number of hydrogen-bond donors (Lipinski definition) is 0. The maximum atomic E-state index is 13.5. The molecule has 0 radical (unpaired) electrons. The van der Waals surface area contributed by atoms with E-state index in [-0.39, 0.29) is 23.6 Å². The molecule has 0 bridgehead atoms. The molecule has 0 fully saturated rings. The number of fused-ring (bicyclic) bond motifs is 1. The Kier molecular flexibility index (Phi) is 5.82. The van der Waals surface area contributed by atoms with Gasteiger partial charge in [-0.3, -0.25) is 19.7 Å². The first-order valence-corrected chi connectivity index (χ1v) is 10.1. The number of hydrogen-bond acceptors (Lipinski definition) is 6. The third-order valence-electron chi connectivity index (χ3n) is 5.11. The van der Waals surface area contributed by atoms with Crippen LogP contribution in [0.15, 0.2) is 72.8 Å². The molecule has 0 N–H and O–H groups in total. The second-order valence-electron chi connectivity index (χ2n) is 7.17. The van der Waals surface area contributed by atoms with E-state index in [0.29, 0.717) is 22.3 Å². The van der Waals surface area contributed by atoms with Gasteiger partial charge in [-0.1, -0.05) is 30.3 Å². The topological polar surface area (TPSA) is 107 Å². The number of esters is 1. The second kappa shape index (κ2) is 8.88. The van der Waals surface area contributed by atoms with Gasteiger partial charge in [0, 0.05) is 23.3 Å². The number of imide groups is 1. The zero-order valence-electron chi connectivity index (χ0n) is 17.6. The van der Waals surface area contributed by atoms with E-state index < -0.39 is 22.7 Å². The summed E-state index contributed by atoms with van der Waals surface area (Å²) in [4.78, 5) is 50.2. The fourth-order valence-corrected chi connectivity index (χ4v) is 3.58. The van der Waals surface area contributed by atoms with Gasteiger partial charge < -0.3 is 4.74 Å². The molecular weight excluding hydrogens is 424 g/mol. The lowest BCUT2D eigenvalue weighted by molar-refractivity contribution is -0.384. The summed E-state index contributed by atoms with van der Waals surface area (Å²) in [6, 6.07) is 18.5. The van der Waals surface area contributed by atoms with Crippen molar-refractivity contribution in [2.24, 2.45) is 0 Å². The largest absolute Gasteiger partial charge is 0.462 e. The van der Waals surface area contributed by atoms with Crippen molar-refractivity contribution in [3.8, 4) is 0 Å². The molecule has 0 aromatic heterocycles. The van der Waals surface area contributed by atoms with Crippen LogP contribution in [0.2, 0.25) is 0 Å². The summed E-state index contributed by atoms with van der Waals surface area (Å²) in [5.74, 6) is -1.58. The van der Waals surface area contributed by atoms with Crippen molar-refractivity contribution >= 4 is 40.8 Å². The molecule has 2 amide bonds. The van der Waals surface area contributed by atoms with Crippen LogP contribution in [0.25, 0.3) is 11.6 Å². The Labute approximate surface area is 188 Å². The molecule has 0 spiro atoms. The minimum Gasteiger partial charge on any atom is -0.462 e. The standard InChI is InChI=1S/C25H18N2O6/c1-2-33-25(30)17-10-12-18(13-11-17)26-23(28)21-9-4-3-8-20(21)22(24(26)29)15-16-6-5-7-19(14-16)27(31)32/h3-15H,2H2,1H3. The molecular formula is C25H18N2O6. The summed E-state index contributed by atoms with van der Waals surface area (Å²) >= 11 is 0. The van der Waals surface area contributed by atoms with Gasteiger partial charge in [-0.05, 0) is 54.5 Å². The number of nitrogens with zero attached hydrogens (tertiary/aromatic N) is 2. The predicted octanol–water partition coefficient (Wildman–Crippen LogP) is 4.50. The Bertz CT molecular complexity index is 1310. The van der Waals surface area contributed by atoms with Gasteiger partial charge in [0.2, 0.25) is 0 Å². The summed E-state index contributed by atoms with van der Waals surface area (Å²) < 4.78 is 4.97. The van der Waals surface area contributed by atoms with Gasteiger partial charge in [0.1, 0.15) is 0 Å². The monoisotopic (exact) mass is 442 g/mol. The molecule has 3 aromatic carbocycles. The van der Waals surface area contributed by atoms with Crippen molar-refractivity contribution in [3.63, 3.8) is 0 Å². The lowest BCUT2D eigenvalue weighted by Crippen LogP contribution is -2.41. The summed E-state index contributed by atoms with van der Waals surface area (Å²) in [7, 11) is 0. The van der Waals surface area contributed by atoms with Crippen LogP contribution in [-0.2, 0) is 9.53 Å². The summed E-state index contributed by atoms with van der Waals surface area (Å²) in [6.07, 6.45) is 1.53. The Balaban J connectivity index is 1.79. The van der Waals surface area contributed by atoms with Gasteiger partial charge >= 0.3 is 5.97 Å². The molecule has 1 heterocycles. The number of anilines is 1. The maximum Gasteiger partial charge on any atom is 0.338 e. The van der Waals surface area contributed by atoms with E-state index in [1.54, 1.807) is 37.3 Å². The normalized spacial score (nSPS) is 14.2. The molecule has 0 aliphatic carbocycles. The van der Waals surface area contributed by atoms with Gasteiger partial charge in [-0.25, -0.2) is 9.69 Å². The van der Waals surface area contributed by atoms with Crippen LogP contribution < -0.4 is 4.90 Å². The first-order chi connectivity index (χ1) is 15.9. The maximum absolute atomic E-state index is 13.5. The number of carbonyl (C=O) groups excluding carboxylic acids is 3. The highest BCUT2D eigenvalue weighted by Gasteiger charge is 2.35. The number of nitro benzene ring substituents is 1. The average molecular weight is 442 g/mol. The highest BCUT2D eigenvalue weighted by atomic mass is 16.6. The fraction of sp³-hybridized carbons (Fsp3) is 0.0800. The van der Waals surface area contributed by atoms with Crippen LogP contribution in [0.4, 0.5) is 11.4 Å². The Hall–Kier alpha value is -4.59. The quantitative estimate of drug-likeness (QED) is 0.189. The van der Waals surface area contributed by atoms with Crippen LogP contribution in [0.1, 0.15) is 38.8 Å². The molecule has 4 rings (SSSR count). The molecule has 164 valence electrons.